The van der Waals surface area contributed by atoms with Gasteiger partial charge in [-0.2, -0.15) is 0 Å². The summed E-state index contributed by atoms with van der Waals surface area (Å²) < 4.78 is 16.3. The van der Waals surface area contributed by atoms with E-state index in [1.807, 2.05) is 38.1 Å². The zero-order valence-corrected chi connectivity index (χ0v) is 17.1. The topological polar surface area (TPSA) is 91.2 Å². The number of para-hydroxylation sites is 1. The minimum atomic E-state index is -0.376. The monoisotopic (exact) mass is 409 g/mol. The van der Waals surface area contributed by atoms with E-state index >= 15 is 0 Å². The summed E-state index contributed by atoms with van der Waals surface area (Å²) in [4.78, 5) is 17.3. The van der Waals surface area contributed by atoms with Gasteiger partial charge in [-0.25, -0.2) is 4.79 Å². The fourth-order valence-electron chi connectivity index (χ4n) is 3.13. The second kappa shape index (κ2) is 8.08. The van der Waals surface area contributed by atoms with Crippen molar-refractivity contribution in [3.05, 3.63) is 59.2 Å². The average molecular weight is 409 g/mol. The number of aryl methyl sites for hydroxylation is 2. The van der Waals surface area contributed by atoms with Crippen LogP contribution in [0.1, 0.15) is 34.3 Å². The summed E-state index contributed by atoms with van der Waals surface area (Å²) in [5.41, 5.74) is 3.56. The lowest BCUT2D eigenvalue weighted by molar-refractivity contribution is 0.0524. The third-order valence-electron chi connectivity index (χ3n) is 4.53. The molecule has 0 aliphatic carbocycles. The van der Waals surface area contributed by atoms with E-state index < -0.39 is 0 Å². The SMILES string of the molecule is CCOC(=O)c1c(CSc2nnc(-c3ccoc3C)o2)nc2ccccc2c1C. The molecule has 0 amide bonds. The first kappa shape index (κ1) is 19.2. The Morgan fingerprint density at radius 3 is 2.76 bits per heavy atom. The number of carbonyl (C=O) groups is 1. The Hall–Kier alpha value is -3.13. The molecule has 4 aromatic rings. The van der Waals surface area contributed by atoms with Gasteiger partial charge in [0.2, 0.25) is 0 Å². The first-order valence-corrected chi connectivity index (χ1v) is 10.1. The lowest BCUT2D eigenvalue weighted by Gasteiger charge is -2.13. The van der Waals surface area contributed by atoms with Gasteiger partial charge >= 0.3 is 5.97 Å². The lowest BCUT2D eigenvalue weighted by Crippen LogP contribution is -2.12. The van der Waals surface area contributed by atoms with Crippen molar-refractivity contribution < 1.29 is 18.4 Å². The maximum atomic E-state index is 12.6. The van der Waals surface area contributed by atoms with Gasteiger partial charge < -0.3 is 13.6 Å². The van der Waals surface area contributed by atoms with Crippen molar-refractivity contribution in [1.29, 1.82) is 0 Å². The number of pyridine rings is 1. The van der Waals surface area contributed by atoms with E-state index in [1.165, 1.54) is 11.8 Å². The average Bonchev–Trinajstić information content (AvgIpc) is 3.35. The minimum absolute atomic E-state index is 0.300. The van der Waals surface area contributed by atoms with E-state index in [0.717, 1.165) is 22.0 Å². The van der Waals surface area contributed by atoms with Gasteiger partial charge in [-0.1, -0.05) is 30.0 Å². The van der Waals surface area contributed by atoms with Crippen molar-refractivity contribution in [2.24, 2.45) is 0 Å². The van der Waals surface area contributed by atoms with E-state index in [2.05, 4.69) is 10.2 Å². The van der Waals surface area contributed by atoms with Gasteiger partial charge in [0.25, 0.3) is 11.1 Å². The van der Waals surface area contributed by atoms with Crippen molar-refractivity contribution in [2.45, 2.75) is 31.7 Å². The molecule has 4 rings (SSSR count). The summed E-state index contributed by atoms with van der Waals surface area (Å²) >= 11 is 1.32. The molecule has 29 heavy (non-hydrogen) atoms. The molecule has 0 bridgehead atoms. The van der Waals surface area contributed by atoms with Crippen molar-refractivity contribution in [3.63, 3.8) is 0 Å². The van der Waals surface area contributed by atoms with Gasteiger partial charge in [-0.3, -0.25) is 4.98 Å². The van der Waals surface area contributed by atoms with Gasteiger partial charge in [-0.05, 0) is 38.5 Å². The molecule has 148 valence electrons. The van der Waals surface area contributed by atoms with E-state index in [4.69, 9.17) is 18.6 Å². The smallest absolute Gasteiger partial charge is 0.340 e. The highest BCUT2D eigenvalue weighted by atomic mass is 32.2. The molecule has 7 nitrogen and oxygen atoms in total. The molecule has 0 atom stereocenters. The quantitative estimate of drug-likeness (QED) is 0.326. The molecule has 0 fully saturated rings. The van der Waals surface area contributed by atoms with Gasteiger partial charge in [-0.15, -0.1) is 10.2 Å². The molecule has 0 aliphatic rings. The Morgan fingerprint density at radius 1 is 1.17 bits per heavy atom. The van der Waals surface area contributed by atoms with Gasteiger partial charge in [0.05, 0.1) is 35.2 Å². The van der Waals surface area contributed by atoms with Crippen molar-refractivity contribution in [2.75, 3.05) is 6.61 Å². The van der Waals surface area contributed by atoms with Crippen LogP contribution in [0.25, 0.3) is 22.4 Å². The number of nitrogens with zero attached hydrogens (tertiary/aromatic N) is 3. The van der Waals surface area contributed by atoms with Crippen LogP contribution in [0.5, 0.6) is 0 Å². The molecule has 8 heteroatoms. The van der Waals surface area contributed by atoms with Crippen LogP contribution in [0, 0.1) is 13.8 Å². The van der Waals surface area contributed by atoms with Gasteiger partial charge in [0, 0.05) is 11.1 Å². The number of aromatic nitrogens is 3. The molecular formula is C21H19N3O4S. The molecule has 1 aromatic carbocycles. The third kappa shape index (κ3) is 3.75. The molecular weight excluding hydrogens is 390 g/mol. The Bertz CT molecular complexity index is 1180. The molecule has 0 saturated carbocycles. The third-order valence-corrected chi connectivity index (χ3v) is 5.36. The van der Waals surface area contributed by atoms with Crippen LogP contribution >= 0.6 is 11.8 Å². The number of rotatable bonds is 6. The maximum Gasteiger partial charge on any atom is 0.340 e. The fraction of sp³-hybridized carbons (Fsp3) is 0.238. The summed E-state index contributed by atoms with van der Waals surface area (Å²) in [6.07, 6.45) is 1.58. The molecule has 3 heterocycles. The fourth-order valence-corrected chi connectivity index (χ4v) is 3.84. The highest BCUT2D eigenvalue weighted by Gasteiger charge is 2.21. The van der Waals surface area contributed by atoms with Crippen LogP contribution in [-0.4, -0.2) is 27.8 Å². The number of hydrogen-bond donors (Lipinski definition) is 0. The molecule has 0 saturated heterocycles. The second-order valence-electron chi connectivity index (χ2n) is 6.35. The van der Waals surface area contributed by atoms with E-state index in [0.29, 0.717) is 40.5 Å². The Labute approximate surface area is 171 Å². The van der Waals surface area contributed by atoms with Crippen LogP contribution in [0.4, 0.5) is 0 Å². The van der Waals surface area contributed by atoms with Crippen LogP contribution in [-0.2, 0) is 10.5 Å². The Balaban J connectivity index is 1.65. The number of furan rings is 1. The number of thioether (sulfide) groups is 1. The van der Waals surface area contributed by atoms with Crippen molar-refractivity contribution in [1.82, 2.24) is 15.2 Å². The van der Waals surface area contributed by atoms with Crippen LogP contribution in [0.15, 0.2) is 50.7 Å². The zero-order valence-electron chi connectivity index (χ0n) is 16.3. The summed E-state index contributed by atoms with van der Waals surface area (Å²) in [5.74, 6) is 1.12. The first-order chi connectivity index (χ1) is 14.1. The summed E-state index contributed by atoms with van der Waals surface area (Å²) in [6, 6.07) is 9.52. The number of ether oxygens (including phenoxy) is 1. The highest BCUT2D eigenvalue weighted by molar-refractivity contribution is 7.98. The normalized spacial score (nSPS) is 11.1. The van der Waals surface area contributed by atoms with Crippen molar-refractivity contribution >= 4 is 28.6 Å². The number of esters is 1. The van der Waals surface area contributed by atoms with E-state index in [9.17, 15) is 4.79 Å². The Morgan fingerprint density at radius 2 is 2.00 bits per heavy atom. The van der Waals surface area contributed by atoms with E-state index in [1.54, 1.807) is 19.3 Å². The van der Waals surface area contributed by atoms with Crippen LogP contribution in [0.3, 0.4) is 0 Å². The molecule has 3 aromatic heterocycles. The molecule has 0 aliphatic heterocycles. The zero-order chi connectivity index (χ0) is 20.4. The van der Waals surface area contributed by atoms with Crippen LogP contribution < -0.4 is 0 Å². The molecule has 0 spiro atoms. The lowest BCUT2D eigenvalue weighted by atomic mass is 10.0. The van der Waals surface area contributed by atoms with E-state index in [-0.39, 0.29) is 5.97 Å². The number of fused-ring (bicyclic) bond motifs is 1. The van der Waals surface area contributed by atoms with Crippen LogP contribution in [0.2, 0.25) is 0 Å². The summed E-state index contributed by atoms with van der Waals surface area (Å²) in [6.45, 7) is 5.83. The van der Waals surface area contributed by atoms with Gasteiger partial charge in [0.1, 0.15) is 5.76 Å². The summed E-state index contributed by atoms with van der Waals surface area (Å²) in [7, 11) is 0. The standard InChI is InChI=1S/C21H19N3O4S/c1-4-26-20(25)18-12(2)14-7-5-6-8-16(14)22-17(18)11-29-21-24-23-19(28-21)15-9-10-27-13(15)3/h5-10H,4,11H2,1-3H3. The predicted molar refractivity (Wildman–Crippen MR) is 109 cm³/mol. The first-order valence-electron chi connectivity index (χ1n) is 9.14. The molecule has 0 radical (unpaired) electrons. The Kier molecular flexibility index (Phi) is 5.35. The molecule has 0 N–H and O–H groups in total. The minimum Gasteiger partial charge on any atom is -0.469 e. The number of carbonyl (C=O) groups excluding carboxylic acids is 1. The van der Waals surface area contributed by atoms with Gasteiger partial charge in [0.15, 0.2) is 0 Å². The highest BCUT2D eigenvalue weighted by Crippen LogP contribution is 2.30. The largest absolute Gasteiger partial charge is 0.469 e. The maximum absolute atomic E-state index is 12.6. The summed E-state index contributed by atoms with van der Waals surface area (Å²) in [5, 5.41) is 9.48. The van der Waals surface area contributed by atoms with Crippen molar-refractivity contribution in [3.8, 4) is 11.5 Å². The second-order valence-corrected chi connectivity index (χ2v) is 7.27. The number of hydrogen-bond acceptors (Lipinski definition) is 8. The molecule has 0 unspecified atom stereocenters. The number of benzene rings is 1. The predicted octanol–water partition coefficient (Wildman–Crippen LogP) is 4.96.